The molecule has 0 saturated heterocycles. The van der Waals surface area contributed by atoms with E-state index in [1.54, 1.807) is 18.3 Å². The fraction of sp³-hybridized carbons (Fsp3) is 0.250. The molecule has 1 aliphatic rings. The van der Waals surface area contributed by atoms with Crippen LogP contribution in [0.25, 0.3) is 10.9 Å². The Bertz CT molecular complexity index is 1080. The van der Waals surface area contributed by atoms with Crippen LogP contribution in [0, 0.1) is 5.82 Å². The van der Waals surface area contributed by atoms with Crippen molar-refractivity contribution in [3.05, 3.63) is 71.7 Å². The summed E-state index contributed by atoms with van der Waals surface area (Å²) in [6.45, 7) is 0.432. The predicted octanol–water partition coefficient (Wildman–Crippen LogP) is 3.71. The zero-order valence-electron chi connectivity index (χ0n) is 14.6. The van der Waals surface area contributed by atoms with Crippen molar-refractivity contribution >= 4 is 20.9 Å². The van der Waals surface area contributed by atoms with Crippen LogP contribution in [-0.4, -0.2) is 20.0 Å². The number of sulfonamides is 1. The number of nitrogens with zero attached hydrogens (tertiary/aromatic N) is 1. The molecule has 0 radical (unpaired) electrons. The van der Waals surface area contributed by atoms with Gasteiger partial charge in [-0.1, -0.05) is 30.3 Å². The summed E-state index contributed by atoms with van der Waals surface area (Å²) in [4.78, 5) is 4.32. The monoisotopic (exact) mass is 386 g/mol. The van der Waals surface area contributed by atoms with Gasteiger partial charge in [0.2, 0.25) is 10.0 Å². The van der Waals surface area contributed by atoms with Gasteiger partial charge < -0.3 is 4.74 Å². The van der Waals surface area contributed by atoms with Gasteiger partial charge in [0.1, 0.15) is 11.6 Å². The van der Waals surface area contributed by atoms with Gasteiger partial charge in [-0.15, -0.1) is 0 Å². The fourth-order valence-electron chi connectivity index (χ4n) is 3.42. The van der Waals surface area contributed by atoms with E-state index in [9.17, 15) is 12.8 Å². The molecule has 3 aromatic rings. The van der Waals surface area contributed by atoms with Crippen molar-refractivity contribution in [3.63, 3.8) is 0 Å². The molecule has 0 bridgehead atoms. The molecule has 27 heavy (non-hydrogen) atoms. The summed E-state index contributed by atoms with van der Waals surface area (Å²) in [7, 11) is -3.63. The lowest BCUT2D eigenvalue weighted by molar-refractivity contribution is 0.314. The van der Waals surface area contributed by atoms with Crippen LogP contribution in [-0.2, 0) is 15.8 Å². The van der Waals surface area contributed by atoms with Crippen LogP contribution in [0.3, 0.4) is 0 Å². The number of hydrogen-bond donors (Lipinski definition) is 1. The molecule has 0 saturated carbocycles. The van der Waals surface area contributed by atoms with Crippen molar-refractivity contribution in [2.24, 2.45) is 0 Å². The maximum atomic E-state index is 13.5. The molecular formula is C20H19FN2O3S. The van der Waals surface area contributed by atoms with Crippen molar-refractivity contribution in [2.45, 2.75) is 24.6 Å². The molecule has 1 aliphatic heterocycles. The summed E-state index contributed by atoms with van der Waals surface area (Å²) in [6.07, 6.45) is 2.92. The number of ether oxygens (including phenoxy) is 1. The van der Waals surface area contributed by atoms with E-state index >= 15 is 0 Å². The summed E-state index contributed by atoms with van der Waals surface area (Å²) in [5.74, 6) is -0.180. The predicted molar refractivity (Wildman–Crippen MR) is 101 cm³/mol. The lowest BCUT2D eigenvalue weighted by Crippen LogP contribution is -2.29. The molecule has 1 unspecified atom stereocenters. The summed E-state index contributed by atoms with van der Waals surface area (Å²) >= 11 is 0. The van der Waals surface area contributed by atoms with Crippen LogP contribution in [0.4, 0.5) is 4.39 Å². The smallest absolute Gasteiger partial charge is 0.216 e. The molecule has 1 aromatic heterocycles. The van der Waals surface area contributed by atoms with Gasteiger partial charge in [0.15, 0.2) is 0 Å². The zero-order valence-corrected chi connectivity index (χ0v) is 15.4. The number of nitrogens with one attached hydrogen (secondary N) is 1. The zero-order chi connectivity index (χ0) is 18.9. The lowest BCUT2D eigenvalue weighted by atomic mass is 10.0. The molecule has 4 rings (SSSR count). The third-order valence-corrected chi connectivity index (χ3v) is 5.96. The van der Waals surface area contributed by atoms with Crippen molar-refractivity contribution < 1.29 is 17.5 Å². The highest BCUT2D eigenvalue weighted by Crippen LogP contribution is 2.33. The molecule has 0 fully saturated rings. The van der Waals surface area contributed by atoms with E-state index in [1.165, 1.54) is 12.1 Å². The Morgan fingerprint density at radius 1 is 1.19 bits per heavy atom. The van der Waals surface area contributed by atoms with Crippen molar-refractivity contribution in [1.29, 1.82) is 0 Å². The van der Waals surface area contributed by atoms with E-state index in [0.29, 0.717) is 41.8 Å². The number of aromatic nitrogens is 1. The second kappa shape index (κ2) is 7.25. The van der Waals surface area contributed by atoms with Crippen LogP contribution < -0.4 is 9.46 Å². The average molecular weight is 386 g/mol. The summed E-state index contributed by atoms with van der Waals surface area (Å²) < 4.78 is 47.5. The molecule has 0 spiro atoms. The molecular weight excluding hydrogens is 367 g/mol. The largest absolute Gasteiger partial charge is 0.493 e. The van der Waals surface area contributed by atoms with Gasteiger partial charge >= 0.3 is 0 Å². The molecule has 0 aliphatic carbocycles. The van der Waals surface area contributed by atoms with Gasteiger partial charge in [-0.3, -0.25) is 4.98 Å². The van der Waals surface area contributed by atoms with E-state index in [4.69, 9.17) is 4.74 Å². The number of halogens is 1. The van der Waals surface area contributed by atoms with Crippen LogP contribution in [0.1, 0.15) is 30.0 Å². The second-order valence-corrected chi connectivity index (χ2v) is 8.35. The Morgan fingerprint density at radius 2 is 2.04 bits per heavy atom. The third kappa shape index (κ3) is 3.94. The molecule has 7 heteroatoms. The molecule has 1 atom stereocenters. The summed E-state index contributed by atoms with van der Waals surface area (Å²) in [5, 5.41) is 0.897. The number of benzene rings is 2. The van der Waals surface area contributed by atoms with Crippen molar-refractivity contribution in [1.82, 2.24) is 9.71 Å². The van der Waals surface area contributed by atoms with E-state index < -0.39 is 21.9 Å². The maximum Gasteiger partial charge on any atom is 0.216 e. The summed E-state index contributed by atoms with van der Waals surface area (Å²) in [5.41, 5.74) is 1.98. The summed E-state index contributed by atoms with van der Waals surface area (Å²) in [6, 6.07) is 13.0. The fourth-order valence-corrected chi connectivity index (χ4v) is 4.82. The van der Waals surface area contributed by atoms with Gasteiger partial charge in [0.25, 0.3) is 0 Å². The third-order valence-electron chi connectivity index (χ3n) is 4.63. The van der Waals surface area contributed by atoms with Crippen LogP contribution in [0.2, 0.25) is 0 Å². The Labute approximate surface area is 157 Å². The Kier molecular flexibility index (Phi) is 4.80. The Hall–Kier alpha value is -2.51. The Morgan fingerprint density at radius 3 is 2.93 bits per heavy atom. The second-order valence-electron chi connectivity index (χ2n) is 6.59. The van der Waals surface area contributed by atoms with Crippen LogP contribution in [0.15, 0.2) is 54.7 Å². The van der Waals surface area contributed by atoms with Gasteiger partial charge in [-0.25, -0.2) is 17.5 Å². The van der Waals surface area contributed by atoms with Gasteiger partial charge in [-0.2, -0.15) is 0 Å². The van der Waals surface area contributed by atoms with E-state index in [2.05, 4.69) is 9.71 Å². The lowest BCUT2D eigenvalue weighted by Gasteiger charge is -2.19. The molecule has 140 valence electrons. The number of rotatable bonds is 4. The first-order chi connectivity index (χ1) is 13.0. The highest BCUT2D eigenvalue weighted by atomic mass is 32.2. The first kappa shape index (κ1) is 17.9. The number of hydrogen-bond acceptors (Lipinski definition) is 4. The number of para-hydroxylation sites is 1. The number of pyridine rings is 1. The average Bonchev–Trinajstić information content (AvgIpc) is 2.83. The standard InChI is InChI=1S/C20H19FN2O3S/c21-16-8-9-17-18(7-3-11-26-19(17)12-16)23-27(24,25)13-15-5-1-4-14-6-2-10-22-20(14)15/h1-2,4-6,8-10,12,18,23H,3,7,11,13H2. The highest BCUT2D eigenvalue weighted by Gasteiger charge is 2.25. The quantitative estimate of drug-likeness (QED) is 0.742. The first-order valence-electron chi connectivity index (χ1n) is 8.77. The van der Waals surface area contributed by atoms with E-state index in [-0.39, 0.29) is 5.75 Å². The van der Waals surface area contributed by atoms with Crippen LogP contribution in [0.5, 0.6) is 5.75 Å². The topological polar surface area (TPSA) is 68.3 Å². The molecule has 2 aromatic carbocycles. The van der Waals surface area contributed by atoms with Gasteiger partial charge in [0.05, 0.1) is 23.9 Å². The SMILES string of the molecule is O=S(=O)(Cc1cccc2cccnc12)NC1CCCOc2cc(F)ccc21. The van der Waals surface area contributed by atoms with E-state index in [1.807, 2.05) is 24.3 Å². The molecule has 2 heterocycles. The van der Waals surface area contributed by atoms with E-state index in [0.717, 1.165) is 5.39 Å². The van der Waals surface area contributed by atoms with Gasteiger partial charge in [-0.05, 0) is 30.5 Å². The van der Waals surface area contributed by atoms with Gasteiger partial charge in [0, 0.05) is 23.2 Å². The molecule has 5 nitrogen and oxygen atoms in total. The van der Waals surface area contributed by atoms with Crippen molar-refractivity contribution in [3.8, 4) is 5.75 Å². The minimum Gasteiger partial charge on any atom is -0.493 e. The van der Waals surface area contributed by atoms with Crippen molar-refractivity contribution in [2.75, 3.05) is 6.61 Å². The maximum absolute atomic E-state index is 13.5. The van der Waals surface area contributed by atoms with Crippen LogP contribution >= 0.6 is 0 Å². The minimum absolute atomic E-state index is 0.171. The normalized spacial score (nSPS) is 17.1. The first-order valence-corrected chi connectivity index (χ1v) is 10.4. The highest BCUT2D eigenvalue weighted by molar-refractivity contribution is 7.88. The number of fused-ring (bicyclic) bond motifs is 2. The Balaban J connectivity index is 1.62. The molecule has 1 N–H and O–H groups in total. The minimum atomic E-state index is -3.63. The molecule has 0 amide bonds.